The van der Waals surface area contributed by atoms with Crippen molar-refractivity contribution >= 4 is 27.8 Å². The van der Waals surface area contributed by atoms with Crippen molar-refractivity contribution in [1.29, 1.82) is 0 Å². The Hall–Kier alpha value is -2.93. The van der Waals surface area contributed by atoms with Crippen LogP contribution in [0.25, 0.3) is 0 Å². The molecule has 28 heavy (non-hydrogen) atoms. The molecule has 1 aliphatic carbocycles. The summed E-state index contributed by atoms with van der Waals surface area (Å²) in [5.41, 5.74) is 0.973. The van der Waals surface area contributed by atoms with Gasteiger partial charge in [0.25, 0.3) is 5.91 Å². The summed E-state index contributed by atoms with van der Waals surface area (Å²) in [7, 11) is 0. The molecule has 0 heterocycles. The van der Waals surface area contributed by atoms with E-state index in [2.05, 4.69) is 21.2 Å². The summed E-state index contributed by atoms with van der Waals surface area (Å²) < 4.78 is 17.6. The van der Waals surface area contributed by atoms with Gasteiger partial charge in [0.2, 0.25) is 0 Å². The van der Waals surface area contributed by atoms with Gasteiger partial charge in [0.05, 0.1) is 0 Å². The fraction of sp³-hybridized carbons (Fsp3) is 0.143. The van der Waals surface area contributed by atoms with Crippen LogP contribution >= 0.6 is 15.9 Å². The molecule has 0 radical (unpaired) electrons. The van der Waals surface area contributed by atoms with Crippen LogP contribution < -0.4 is 10.1 Å². The number of halogens is 2. The second kappa shape index (κ2) is 8.39. The van der Waals surface area contributed by atoms with Crippen molar-refractivity contribution in [3.8, 4) is 5.75 Å². The number of carbonyl (C=O) groups is 2. The molecule has 0 bridgehead atoms. The number of carboxylic acids is 1. The molecule has 0 saturated carbocycles. The van der Waals surface area contributed by atoms with Gasteiger partial charge in [-0.2, -0.15) is 0 Å². The molecule has 1 amide bonds. The van der Waals surface area contributed by atoms with E-state index in [1.54, 1.807) is 54.6 Å². The first-order valence-corrected chi connectivity index (χ1v) is 9.24. The Morgan fingerprint density at radius 2 is 1.96 bits per heavy atom. The zero-order chi connectivity index (χ0) is 20.1. The SMILES string of the molecule is O=C(NC1(Br)C=CC=CC1C(=O)O)c1cccc(OCc2cccc(F)c2)c1. The Kier molecular flexibility index (Phi) is 5.94. The van der Waals surface area contributed by atoms with E-state index in [0.29, 0.717) is 16.9 Å². The number of hydrogen-bond acceptors (Lipinski definition) is 3. The highest BCUT2D eigenvalue weighted by Gasteiger charge is 2.40. The van der Waals surface area contributed by atoms with E-state index < -0.39 is 22.2 Å². The summed E-state index contributed by atoms with van der Waals surface area (Å²) in [5.74, 6) is -2.38. The average Bonchev–Trinajstić information content (AvgIpc) is 2.66. The minimum atomic E-state index is -1.23. The maximum absolute atomic E-state index is 13.2. The minimum absolute atomic E-state index is 0.153. The Bertz CT molecular complexity index is 959. The van der Waals surface area contributed by atoms with E-state index in [9.17, 15) is 19.1 Å². The van der Waals surface area contributed by atoms with E-state index >= 15 is 0 Å². The molecule has 144 valence electrons. The molecule has 0 fully saturated rings. The third-order valence-corrected chi connectivity index (χ3v) is 5.12. The second-order valence-electron chi connectivity index (χ2n) is 6.23. The van der Waals surface area contributed by atoms with Gasteiger partial charge in [-0.05, 0) is 42.0 Å². The number of benzene rings is 2. The van der Waals surface area contributed by atoms with E-state index in [1.807, 2.05) is 0 Å². The Morgan fingerprint density at radius 1 is 1.18 bits per heavy atom. The van der Waals surface area contributed by atoms with Crippen LogP contribution in [0.2, 0.25) is 0 Å². The fourth-order valence-corrected chi connectivity index (χ4v) is 3.44. The highest BCUT2D eigenvalue weighted by Crippen LogP contribution is 2.31. The van der Waals surface area contributed by atoms with Crippen LogP contribution in [-0.2, 0) is 11.4 Å². The van der Waals surface area contributed by atoms with Gasteiger partial charge in [0, 0.05) is 5.56 Å². The van der Waals surface area contributed by atoms with Crippen molar-refractivity contribution in [3.63, 3.8) is 0 Å². The van der Waals surface area contributed by atoms with E-state index in [-0.39, 0.29) is 12.4 Å². The zero-order valence-corrected chi connectivity index (χ0v) is 16.2. The molecule has 1 aliphatic rings. The number of allylic oxidation sites excluding steroid dienone is 2. The van der Waals surface area contributed by atoms with Crippen molar-refractivity contribution in [2.45, 2.75) is 11.1 Å². The van der Waals surface area contributed by atoms with Crippen molar-refractivity contribution < 1.29 is 23.8 Å². The lowest BCUT2D eigenvalue weighted by Crippen LogP contribution is -2.50. The van der Waals surface area contributed by atoms with Gasteiger partial charge in [-0.3, -0.25) is 9.59 Å². The standard InChI is InChI=1S/C21H17BrFNO4/c22-21(10-2-1-9-18(21)20(26)27)24-19(25)15-6-4-8-17(12-15)28-13-14-5-3-7-16(23)11-14/h1-12,18H,13H2,(H,24,25)(H,26,27). The van der Waals surface area contributed by atoms with Crippen LogP contribution in [0.4, 0.5) is 4.39 Å². The van der Waals surface area contributed by atoms with Crippen LogP contribution in [0, 0.1) is 11.7 Å². The third-order valence-electron chi connectivity index (χ3n) is 4.17. The smallest absolute Gasteiger partial charge is 0.314 e. The number of rotatable bonds is 6. The average molecular weight is 446 g/mol. The van der Waals surface area contributed by atoms with E-state index in [0.717, 1.165) is 0 Å². The van der Waals surface area contributed by atoms with Gasteiger partial charge >= 0.3 is 5.97 Å². The molecule has 2 aromatic rings. The highest BCUT2D eigenvalue weighted by molar-refractivity contribution is 9.10. The van der Waals surface area contributed by atoms with Crippen LogP contribution in [0.15, 0.2) is 72.8 Å². The maximum Gasteiger partial charge on any atom is 0.314 e. The van der Waals surface area contributed by atoms with Crippen molar-refractivity contribution in [2.75, 3.05) is 0 Å². The molecule has 2 N–H and O–H groups in total. The largest absolute Gasteiger partial charge is 0.489 e. The monoisotopic (exact) mass is 445 g/mol. The van der Waals surface area contributed by atoms with Crippen molar-refractivity contribution in [3.05, 3.63) is 89.8 Å². The normalized spacial score (nSPS) is 20.6. The molecule has 2 unspecified atom stereocenters. The minimum Gasteiger partial charge on any atom is -0.489 e. The first-order chi connectivity index (χ1) is 13.4. The molecular formula is C21H17BrFNO4. The fourth-order valence-electron chi connectivity index (χ4n) is 2.76. The van der Waals surface area contributed by atoms with E-state index in [1.165, 1.54) is 18.2 Å². The van der Waals surface area contributed by atoms with Crippen LogP contribution in [-0.4, -0.2) is 21.4 Å². The molecule has 0 aliphatic heterocycles. The summed E-state index contributed by atoms with van der Waals surface area (Å²) >= 11 is 3.33. The first kappa shape index (κ1) is 19.8. The number of carbonyl (C=O) groups excluding carboxylic acids is 1. The highest BCUT2D eigenvalue weighted by atomic mass is 79.9. The Morgan fingerprint density at radius 3 is 2.71 bits per heavy atom. The van der Waals surface area contributed by atoms with Crippen LogP contribution in [0.1, 0.15) is 15.9 Å². The number of nitrogens with one attached hydrogen (secondary N) is 1. The third kappa shape index (κ3) is 4.67. The molecule has 2 atom stereocenters. The Labute approximate surface area is 169 Å². The number of alkyl halides is 1. The summed E-state index contributed by atoms with van der Waals surface area (Å²) in [6, 6.07) is 12.5. The molecular weight excluding hydrogens is 429 g/mol. The number of hydrogen-bond donors (Lipinski definition) is 2. The number of amides is 1. The predicted molar refractivity (Wildman–Crippen MR) is 106 cm³/mol. The van der Waals surface area contributed by atoms with Crippen molar-refractivity contribution in [1.82, 2.24) is 5.32 Å². The molecule has 0 spiro atoms. The van der Waals surface area contributed by atoms with Crippen molar-refractivity contribution in [2.24, 2.45) is 5.92 Å². The summed E-state index contributed by atoms with van der Waals surface area (Å²) in [6.07, 6.45) is 6.35. The first-order valence-electron chi connectivity index (χ1n) is 8.45. The summed E-state index contributed by atoms with van der Waals surface area (Å²) in [6.45, 7) is 0.153. The molecule has 0 aromatic heterocycles. The molecule has 3 rings (SSSR count). The van der Waals surface area contributed by atoms with Gasteiger partial charge in [0.15, 0.2) is 0 Å². The van der Waals surface area contributed by atoms with Crippen LogP contribution in [0.3, 0.4) is 0 Å². The predicted octanol–water partition coefficient (Wildman–Crippen LogP) is 4.05. The van der Waals surface area contributed by atoms with Gasteiger partial charge in [0.1, 0.15) is 28.5 Å². The Balaban J connectivity index is 1.71. The molecule has 7 heteroatoms. The van der Waals surface area contributed by atoms with Gasteiger partial charge < -0.3 is 15.2 Å². The second-order valence-corrected chi connectivity index (χ2v) is 7.54. The number of carboxylic acid groups (broad SMARTS) is 1. The van der Waals surface area contributed by atoms with Gasteiger partial charge in [-0.25, -0.2) is 4.39 Å². The lowest BCUT2D eigenvalue weighted by atomic mass is 9.94. The lowest BCUT2D eigenvalue weighted by Gasteiger charge is -2.31. The number of aliphatic carboxylic acids is 1. The molecule has 0 saturated heterocycles. The maximum atomic E-state index is 13.2. The summed E-state index contributed by atoms with van der Waals surface area (Å²) in [5, 5.41) is 12.1. The van der Waals surface area contributed by atoms with E-state index in [4.69, 9.17) is 4.74 Å². The quantitative estimate of drug-likeness (QED) is 0.519. The zero-order valence-electron chi connectivity index (χ0n) is 14.6. The van der Waals surface area contributed by atoms with Gasteiger partial charge in [-0.1, -0.05) is 52.4 Å². The lowest BCUT2D eigenvalue weighted by molar-refractivity contribution is -0.140. The summed E-state index contributed by atoms with van der Waals surface area (Å²) in [4.78, 5) is 24.1. The molecule has 2 aromatic carbocycles. The number of ether oxygens (including phenoxy) is 1. The molecule has 5 nitrogen and oxygen atoms in total. The topological polar surface area (TPSA) is 75.6 Å². The van der Waals surface area contributed by atoms with Gasteiger partial charge in [-0.15, -0.1) is 0 Å². The van der Waals surface area contributed by atoms with Crippen LogP contribution in [0.5, 0.6) is 5.75 Å².